The fourth-order valence-electron chi connectivity index (χ4n) is 15.7. The molecule has 2 bridgehead atoms. The van der Waals surface area contributed by atoms with Gasteiger partial charge in [0.2, 0.25) is 11.8 Å². The molecule has 8 aliphatic heterocycles. The van der Waals surface area contributed by atoms with E-state index in [9.17, 15) is 19.5 Å². The van der Waals surface area contributed by atoms with Crippen molar-refractivity contribution in [3.8, 4) is 0 Å². The molecule has 2 aromatic rings. The minimum absolute atomic E-state index is 0. The van der Waals surface area contributed by atoms with Gasteiger partial charge in [0.1, 0.15) is 29.2 Å². The highest BCUT2D eigenvalue weighted by Gasteiger charge is 2.78. The molecule has 12 rings (SSSR count). The first-order valence-electron chi connectivity index (χ1n) is 28.9. The van der Waals surface area contributed by atoms with E-state index in [-0.39, 0.29) is 62.5 Å². The maximum Gasteiger partial charge on any atom is 0.231 e. The molecule has 8 saturated heterocycles. The first-order chi connectivity index (χ1) is 35.9. The number of carbonyl (C=O) groups excluding carboxylic acids is 3. The molecule has 2 aromatic carbocycles. The minimum Gasteiger partial charge on any atom is -0.390 e. The van der Waals surface area contributed by atoms with Gasteiger partial charge >= 0.3 is 0 Å². The van der Waals surface area contributed by atoms with Crippen LogP contribution >= 0.6 is 0 Å². The number of aliphatic hydroxyl groups excluding tert-OH is 1. The second kappa shape index (κ2) is 23.4. The number of hydrogen-bond acceptors (Lipinski definition) is 10. The Kier molecular flexibility index (Phi) is 18.1. The number of allylic oxidation sites excluding steroid dienone is 3. The Morgan fingerprint density at radius 2 is 1.14 bits per heavy atom. The van der Waals surface area contributed by atoms with Crippen LogP contribution in [0.5, 0.6) is 0 Å². The molecular formula is C64H95BN2O10. The monoisotopic (exact) mass is 1060 g/mol. The van der Waals surface area contributed by atoms with Gasteiger partial charge in [0.15, 0.2) is 31.1 Å². The van der Waals surface area contributed by atoms with Crippen molar-refractivity contribution < 1.29 is 47.9 Å². The molecule has 2 aliphatic carbocycles. The van der Waals surface area contributed by atoms with Crippen LogP contribution in [0.2, 0.25) is 17.5 Å². The van der Waals surface area contributed by atoms with Crippen LogP contribution in [-0.2, 0) is 56.0 Å². The number of nitrogens with zero attached hydrogens (tertiary/aromatic N) is 2. The molecule has 2 amide bonds. The molecule has 0 saturated carbocycles. The van der Waals surface area contributed by atoms with Crippen molar-refractivity contribution >= 4 is 24.8 Å². The first-order valence-corrected chi connectivity index (χ1v) is 28.9. The van der Waals surface area contributed by atoms with Gasteiger partial charge in [0, 0.05) is 29.6 Å². The second-order valence-electron chi connectivity index (χ2n) is 26.4. The Hall–Kier alpha value is -3.69. The number of amides is 2. The van der Waals surface area contributed by atoms with Crippen LogP contribution in [0.4, 0.5) is 0 Å². The lowest BCUT2D eigenvalue weighted by Crippen LogP contribution is -2.67. The van der Waals surface area contributed by atoms with Crippen molar-refractivity contribution in [2.75, 3.05) is 13.2 Å². The third-order valence-corrected chi connectivity index (χ3v) is 19.6. The van der Waals surface area contributed by atoms with Crippen molar-refractivity contribution in [1.82, 2.24) is 9.80 Å². The number of rotatable bonds is 10. The summed E-state index contributed by atoms with van der Waals surface area (Å²) >= 11 is 0. The normalized spacial score (nSPS) is 38.0. The summed E-state index contributed by atoms with van der Waals surface area (Å²) in [6, 6.07) is 19.8. The molecule has 8 heterocycles. The number of benzene rings is 2. The molecule has 1 N–H and O–H groups in total. The maximum absolute atomic E-state index is 13.9. The highest BCUT2D eigenvalue weighted by atomic mass is 16.7. The summed E-state index contributed by atoms with van der Waals surface area (Å²) in [5.74, 6) is 2.31. The Morgan fingerprint density at radius 1 is 0.662 bits per heavy atom. The summed E-state index contributed by atoms with van der Waals surface area (Å²) in [7, 11) is 0. The predicted molar refractivity (Wildman–Crippen MR) is 302 cm³/mol. The average Bonchev–Trinajstić information content (AvgIpc) is 4.41. The van der Waals surface area contributed by atoms with Crippen LogP contribution in [0, 0.1) is 28.6 Å². The topological polar surface area (TPSA) is 133 Å². The van der Waals surface area contributed by atoms with Crippen molar-refractivity contribution in [2.24, 2.45) is 28.6 Å². The highest BCUT2D eigenvalue weighted by molar-refractivity contribution is 6.64. The minimum atomic E-state index is -1.10. The standard InChI is InChI=1S/C27H37NO5.C21H27NO5.C14H23B.2CH4/c1-25(2,3)24-28-23(30)20-15-21(31-16-18-11-7-5-8-12-18)33-26(20,4)27(28,17-32-24)22(29)19-13-9-6-10-14-19;1-19(2,3)18-22-17(24)15-10-16(25-11-14-8-6-5-7-9-14)27-20(15,4)21(22,12-23)13-26-18;1-2-6-12(7-3-1)15-13-8-4-9-14(15)11-5-10-13;;/h5,7-9,11-13,19-22,24,29H,6,10,14-17H2,1-4H3;5-9,12,15-16,18H,10-11,13H2,1-4H3;2,6,12-14H,1,3-5,7-11H2;2*1H4/t19-,20+,21-,22-,24+,26+,27-;15-,16+,18-,20-,21-;;;/m10.../s1. The molecule has 12 nitrogen and oxygen atoms in total. The molecule has 1 unspecified atom stereocenters. The van der Waals surface area contributed by atoms with Crippen molar-refractivity contribution in [1.29, 1.82) is 0 Å². The molecule has 0 spiro atoms. The van der Waals surface area contributed by atoms with Gasteiger partial charge in [-0.25, -0.2) is 0 Å². The van der Waals surface area contributed by atoms with E-state index in [1.807, 2.05) is 100 Å². The van der Waals surface area contributed by atoms with E-state index in [2.05, 4.69) is 45.1 Å². The molecular weight excluding hydrogens is 968 g/mol. The van der Waals surface area contributed by atoms with Crippen LogP contribution in [0.1, 0.15) is 171 Å². The number of aliphatic hydroxyl groups is 1. The van der Waals surface area contributed by atoms with E-state index in [4.69, 9.17) is 28.4 Å². The largest absolute Gasteiger partial charge is 0.390 e. The SMILES string of the molecule is C.C.C1=CC(B2C3CCCC2CCC3)CCC1.CC(C)(C)[C@@H]1OC[C@]2(C=O)N1C(=O)[C@@H]1C[C@H](OCc3ccccc3)O[C@@]12C.CC(C)(C)[C@@H]1OC[C@]2([C@H](O)[C@@H]3C=CCCC3)N1C(=O)[C@@H]1C[C@H](OCc3ccccc3)O[C@@]12C. The summed E-state index contributed by atoms with van der Waals surface area (Å²) < 4.78 is 37.1. The van der Waals surface area contributed by atoms with Gasteiger partial charge in [0.25, 0.3) is 0 Å². The van der Waals surface area contributed by atoms with E-state index in [0.29, 0.717) is 26.1 Å². The summed E-state index contributed by atoms with van der Waals surface area (Å²) in [6.07, 6.45) is 25.0. The van der Waals surface area contributed by atoms with Gasteiger partial charge in [-0.3, -0.25) is 14.5 Å². The first kappa shape index (κ1) is 59.4. The summed E-state index contributed by atoms with van der Waals surface area (Å²) in [4.78, 5) is 43.0. The average molecular weight is 1060 g/mol. The molecule has 424 valence electrons. The lowest BCUT2D eigenvalue weighted by molar-refractivity contribution is -0.216. The number of ether oxygens (including phenoxy) is 6. The van der Waals surface area contributed by atoms with Crippen LogP contribution in [0.3, 0.4) is 0 Å². The van der Waals surface area contributed by atoms with Crippen LogP contribution in [0.25, 0.3) is 0 Å². The van der Waals surface area contributed by atoms with Crippen LogP contribution in [0.15, 0.2) is 85.0 Å². The second-order valence-corrected chi connectivity index (χ2v) is 26.4. The number of hydrogen-bond donors (Lipinski definition) is 1. The maximum atomic E-state index is 13.9. The molecule has 13 atom stereocenters. The lowest BCUT2D eigenvalue weighted by atomic mass is 9.22. The van der Waals surface area contributed by atoms with Crippen LogP contribution < -0.4 is 0 Å². The molecule has 10 aliphatic rings. The predicted octanol–water partition coefficient (Wildman–Crippen LogP) is 12.5. The molecule has 0 radical (unpaired) electrons. The molecule has 13 heteroatoms. The highest BCUT2D eigenvalue weighted by Crippen LogP contribution is 2.61. The zero-order valence-corrected chi connectivity index (χ0v) is 46.3. The Morgan fingerprint density at radius 3 is 1.64 bits per heavy atom. The van der Waals surface area contributed by atoms with Crippen molar-refractivity contribution in [3.05, 3.63) is 96.1 Å². The number of carbonyl (C=O) groups is 3. The summed E-state index contributed by atoms with van der Waals surface area (Å²) in [6.45, 7) is 18.5. The van der Waals surface area contributed by atoms with E-state index in [1.165, 1.54) is 32.1 Å². The fraction of sp³-hybridized carbons (Fsp3) is 0.703. The summed E-state index contributed by atoms with van der Waals surface area (Å²) in [5, 5.41) is 11.9. The number of fused-ring (bicyclic) bond motifs is 8. The third kappa shape index (κ3) is 10.6. The van der Waals surface area contributed by atoms with Gasteiger partial charge in [-0.15, -0.1) is 0 Å². The quantitative estimate of drug-likeness (QED) is 0.139. The lowest BCUT2D eigenvalue weighted by Gasteiger charge is -2.48. The van der Waals surface area contributed by atoms with Gasteiger partial charge in [-0.05, 0) is 62.9 Å². The Labute approximate surface area is 462 Å². The molecule has 0 aromatic heterocycles. The van der Waals surface area contributed by atoms with Crippen molar-refractivity contribution in [2.45, 2.75) is 244 Å². The zero-order chi connectivity index (χ0) is 53.0. The summed E-state index contributed by atoms with van der Waals surface area (Å²) in [5.41, 5.74) is -2.35. The zero-order valence-electron chi connectivity index (χ0n) is 46.3. The molecule has 77 heavy (non-hydrogen) atoms. The third-order valence-electron chi connectivity index (χ3n) is 19.6. The Bertz CT molecular complexity index is 2370. The van der Waals surface area contributed by atoms with E-state index >= 15 is 0 Å². The van der Waals surface area contributed by atoms with E-state index < -0.39 is 59.3 Å². The van der Waals surface area contributed by atoms with Gasteiger partial charge in [0.05, 0.1) is 44.4 Å². The van der Waals surface area contributed by atoms with Gasteiger partial charge < -0.3 is 43.2 Å². The smallest absolute Gasteiger partial charge is 0.231 e. The number of aldehydes is 1. The Balaban J connectivity index is 0.000000160. The van der Waals surface area contributed by atoms with Crippen LogP contribution in [-0.4, -0.2) is 106 Å². The van der Waals surface area contributed by atoms with Gasteiger partial charge in [-0.2, -0.15) is 0 Å². The van der Waals surface area contributed by atoms with Gasteiger partial charge in [-0.1, -0.05) is 198 Å². The fourth-order valence-corrected chi connectivity index (χ4v) is 15.7. The molecule has 8 fully saturated rings. The van der Waals surface area contributed by atoms with E-state index in [0.717, 1.165) is 60.8 Å². The van der Waals surface area contributed by atoms with E-state index in [1.54, 1.807) is 30.6 Å². The van der Waals surface area contributed by atoms with Crippen molar-refractivity contribution in [3.63, 3.8) is 0 Å².